The summed E-state index contributed by atoms with van der Waals surface area (Å²) in [6.45, 7) is 5.37. The van der Waals surface area contributed by atoms with Crippen molar-refractivity contribution in [3.8, 4) is 0 Å². The maximum atomic E-state index is 12.2. The molecule has 4 nitrogen and oxygen atoms in total. The first-order valence-electron chi connectivity index (χ1n) is 6.16. The van der Waals surface area contributed by atoms with Crippen molar-refractivity contribution in [3.05, 3.63) is 27.5 Å². The Morgan fingerprint density at radius 1 is 1.60 bits per heavy atom. The van der Waals surface area contributed by atoms with Gasteiger partial charge in [0.1, 0.15) is 0 Å². The minimum absolute atomic E-state index is 0.187. The summed E-state index contributed by atoms with van der Waals surface area (Å²) in [5.41, 5.74) is 1.09. The Hall–Kier alpha value is -1.31. The van der Waals surface area contributed by atoms with Crippen LogP contribution in [0.15, 0.2) is 12.1 Å². The zero-order valence-corrected chi connectivity index (χ0v) is 13.7. The molecule has 7 heteroatoms. The van der Waals surface area contributed by atoms with Crippen LogP contribution in [0.2, 0.25) is 0 Å². The molecular formula is C13H15N3OS3. The number of aryl methyl sites for hydroxylation is 1. The standard InChI is InChI=1S/C13H15N3OS3/c1-3-4-9-8(2)7-10(20-9)11(17)15-13(19)16-6-5-14-12(16)18/h3-4,7H,5-6H2,1-2H3,(H,14,18)(H,15,17,19)/b4-3-. The topological polar surface area (TPSA) is 44.4 Å². The zero-order chi connectivity index (χ0) is 14.7. The van der Waals surface area contributed by atoms with E-state index < -0.39 is 0 Å². The fraction of sp³-hybridized carbons (Fsp3) is 0.308. The first-order valence-corrected chi connectivity index (χ1v) is 7.80. The van der Waals surface area contributed by atoms with E-state index in [0.717, 1.165) is 17.0 Å². The average molecular weight is 325 g/mol. The highest BCUT2D eigenvalue weighted by Crippen LogP contribution is 2.23. The van der Waals surface area contributed by atoms with Gasteiger partial charge in [0.2, 0.25) is 0 Å². The Morgan fingerprint density at radius 2 is 2.35 bits per heavy atom. The SMILES string of the molecule is C/C=C\c1sc(C(=O)NC(=S)N2CCNC2=S)cc1C. The molecule has 0 unspecified atom stereocenters. The number of amides is 1. The van der Waals surface area contributed by atoms with Crippen molar-refractivity contribution >= 4 is 58.0 Å². The van der Waals surface area contributed by atoms with Gasteiger partial charge in [-0.2, -0.15) is 0 Å². The highest BCUT2D eigenvalue weighted by Gasteiger charge is 2.22. The van der Waals surface area contributed by atoms with Gasteiger partial charge in [-0.3, -0.25) is 15.0 Å². The molecule has 0 atom stereocenters. The van der Waals surface area contributed by atoms with Crippen molar-refractivity contribution in [3.63, 3.8) is 0 Å². The summed E-state index contributed by atoms with van der Waals surface area (Å²) < 4.78 is 0. The summed E-state index contributed by atoms with van der Waals surface area (Å²) in [4.78, 5) is 15.6. The molecule has 2 N–H and O–H groups in total. The lowest BCUT2D eigenvalue weighted by molar-refractivity contribution is 0.0979. The molecule has 1 amide bonds. The summed E-state index contributed by atoms with van der Waals surface area (Å²) in [5.74, 6) is -0.187. The van der Waals surface area contributed by atoms with Crippen molar-refractivity contribution in [1.82, 2.24) is 15.5 Å². The van der Waals surface area contributed by atoms with Crippen LogP contribution in [0.25, 0.3) is 6.08 Å². The maximum Gasteiger partial charge on any atom is 0.267 e. The maximum absolute atomic E-state index is 12.2. The fourth-order valence-electron chi connectivity index (χ4n) is 1.82. The molecule has 1 aliphatic heterocycles. The molecule has 0 saturated carbocycles. The van der Waals surface area contributed by atoms with E-state index in [9.17, 15) is 4.79 Å². The quantitative estimate of drug-likeness (QED) is 0.817. The summed E-state index contributed by atoms with van der Waals surface area (Å²) in [6.07, 6.45) is 3.95. The third-order valence-electron chi connectivity index (χ3n) is 2.82. The third kappa shape index (κ3) is 3.23. The molecule has 1 saturated heterocycles. The number of thiocarbonyl (C=S) groups is 2. The predicted molar refractivity (Wildman–Crippen MR) is 91.1 cm³/mol. The molecule has 0 aliphatic carbocycles. The Labute approximate surface area is 132 Å². The van der Waals surface area contributed by atoms with Crippen LogP contribution in [0.1, 0.15) is 27.0 Å². The first kappa shape index (κ1) is 15.1. The Morgan fingerprint density at radius 3 is 2.95 bits per heavy atom. The number of nitrogens with one attached hydrogen (secondary N) is 2. The lowest BCUT2D eigenvalue weighted by Crippen LogP contribution is -2.43. The van der Waals surface area contributed by atoms with Crippen LogP contribution in [-0.4, -0.2) is 34.1 Å². The first-order chi connectivity index (χ1) is 9.52. The van der Waals surface area contributed by atoms with Gasteiger partial charge in [0.05, 0.1) is 4.88 Å². The molecule has 1 aromatic rings. The van der Waals surface area contributed by atoms with Gasteiger partial charge in [-0.15, -0.1) is 11.3 Å². The minimum Gasteiger partial charge on any atom is -0.360 e. The molecule has 0 aromatic carbocycles. The normalized spacial score (nSPS) is 14.7. The smallest absolute Gasteiger partial charge is 0.267 e. The lowest BCUT2D eigenvalue weighted by Gasteiger charge is -2.17. The molecular weight excluding hydrogens is 310 g/mol. The summed E-state index contributed by atoms with van der Waals surface area (Å²) in [7, 11) is 0. The largest absolute Gasteiger partial charge is 0.360 e. The van der Waals surface area contributed by atoms with Gasteiger partial charge in [-0.1, -0.05) is 6.08 Å². The van der Waals surface area contributed by atoms with Crippen LogP contribution in [0.4, 0.5) is 0 Å². The van der Waals surface area contributed by atoms with E-state index in [0.29, 0.717) is 21.6 Å². The van der Waals surface area contributed by atoms with Crippen molar-refractivity contribution < 1.29 is 4.79 Å². The number of thiophene rings is 1. The van der Waals surface area contributed by atoms with E-state index in [2.05, 4.69) is 10.6 Å². The van der Waals surface area contributed by atoms with Crippen LogP contribution in [0.5, 0.6) is 0 Å². The molecule has 0 spiro atoms. The van der Waals surface area contributed by atoms with Gasteiger partial charge < -0.3 is 5.32 Å². The number of hydrogen-bond donors (Lipinski definition) is 2. The van der Waals surface area contributed by atoms with Crippen molar-refractivity contribution in [2.45, 2.75) is 13.8 Å². The van der Waals surface area contributed by atoms with E-state index in [1.807, 2.05) is 32.1 Å². The number of carbonyl (C=O) groups is 1. The monoisotopic (exact) mass is 325 g/mol. The van der Waals surface area contributed by atoms with Crippen molar-refractivity contribution in [2.24, 2.45) is 0 Å². The minimum atomic E-state index is -0.187. The predicted octanol–water partition coefficient (Wildman–Crippen LogP) is 2.29. The van der Waals surface area contributed by atoms with E-state index in [1.165, 1.54) is 11.3 Å². The van der Waals surface area contributed by atoms with E-state index in [1.54, 1.807) is 4.90 Å². The van der Waals surface area contributed by atoms with Gasteiger partial charge in [0.25, 0.3) is 5.91 Å². The van der Waals surface area contributed by atoms with Crippen molar-refractivity contribution in [2.75, 3.05) is 13.1 Å². The molecule has 2 heterocycles. The summed E-state index contributed by atoms with van der Waals surface area (Å²) in [5, 5.41) is 6.65. The van der Waals surface area contributed by atoms with E-state index in [4.69, 9.17) is 24.4 Å². The Kier molecular flexibility index (Phi) is 4.85. The molecule has 106 valence electrons. The van der Waals surface area contributed by atoms with Gasteiger partial charge in [-0.05, 0) is 56.0 Å². The molecule has 0 bridgehead atoms. The van der Waals surface area contributed by atoms with Gasteiger partial charge in [-0.25, -0.2) is 0 Å². The van der Waals surface area contributed by atoms with Crippen LogP contribution in [0.3, 0.4) is 0 Å². The van der Waals surface area contributed by atoms with Crippen LogP contribution in [0, 0.1) is 6.92 Å². The van der Waals surface area contributed by atoms with Gasteiger partial charge in [0.15, 0.2) is 10.2 Å². The number of nitrogens with zero attached hydrogens (tertiary/aromatic N) is 1. The van der Waals surface area contributed by atoms with Gasteiger partial charge in [0, 0.05) is 18.0 Å². The second kappa shape index (κ2) is 6.43. The molecule has 1 fully saturated rings. The summed E-state index contributed by atoms with van der Waals surface area (Å²) in [6, 6.07) is 1.87. The van der Waals surface area contributed by atoms with Crippen LogP contribution in [-0.2, 0) is 0 Å². The fourth-order valence-corrected chi connectivity index (χ4v) is 3.47. The summed E-state index contributed by atoms with van der Waals surface area (Å²) >= 11 is 11.8. The molecule has 20 heavy (non-hydrogen) atoms. The number of rotatable bonds is 2. The number of allylic oxidation sites excluding steroid dienone is 1. The second-order valence-electron chi connectivity index (χ2n) is 4.30. The molecule has 1 aliphatic rings. The number of hydrogen-bond acceptors (Lipinski definition) is 4. The highest BCUT2D eigenvalue weighted by molar-refractivity contribution is 7.81. The molecule has 2 rings (SSSR count). The zero-order valence-electron chi connectivity index (χ0n) is 11.2. The Balaban J connectivity index is 2.06. The molecule has 0 radical (unpaired) electrons. The Bertz CT molecular complexity index is 592. The number of carbonyl (C=O) groups excluding carboxylic acids is 1. The lowest BCUT2D eigenvalue weighted by atomic mass is 10.2. The molecule has 1 aromatic heterocycles. The highest BCUT2D eigenvalue weighted by atomic mass is 32.1. The van der Waals surface area contributed by atoms with Crippen LogP contribution < -0.4 is 10.6 Å². The average Bonchev–Trinajstić information content (AvgIpc) is 2.97. The van der Waals surface area contributed by atoms with E-state index >= 15 is 0 Å². The van der Waals surface area contributed by atoms with E-state index in [-0.39, 0.29) is 5.91 Å². The second-order valence-corrected chi connectivity index (χ2v) is 6.16. The van der Waals surface area contributed by atoms with Gasteiger partial charge >= 0.3 is 0 Å². The third-order valence-corrected chi connectivity index (χ3v) is 4.71. The van der Waals surface area contributed by atoms with Crippen LogP contribution >= 0.6 is 35.8 Å². The van der Waals surface area contributed by atoms with Crippen molar-refractivity contribution in [1.29, 1.82) is 0 Å².